The van der Waals surface area contributed by atoms with Crippen molar-refractivity contribution in [2.45, 2.75) is 45.7 Å². The molecule has 1 unspecified atom stereocenters. The van der Waals surface area contributed by atoms with Gasteiger partial charge in [0.25, 0.3) is 0 Å². The molecule has 0 spiro atoms. The Bertz CT molecular complexity index is 772. The zero-order valence-electron chi connectivity index (χ0n) is 15.0. The number of carbonyl (C=O) groups is 1. The number of aryl methyl sites for hydroxylation is 1. The Balaban J connectivity index is 1.55. The number of aromatic nitrogens is 1. The van der Waals surface area contributed by atoms with Crippen molar-refractivity contribution in [3.05, 3.63) is 34.8 Å². The van der Waals surface area contributed by atoms with E-state index < -0.39 is 5.76 Å². The van der Waals surface area contributed by atoms with Crippen LogP contribution in [-0.4, -0.2) is 41.1 Å². The number of fused-ring (bicyclic) bond motifs is 1. The number of benzene rings is 1. The molecule has 25 heavy (non-hydrogen) atoms. The molecular weight excluding hydrogens is 318 g/mol. The van der Waals surface area contributed by atoms with Gasteiger partial charge in [0.05, 0.1) is 5.52 Å². The van der Waals surface area contributed by atoms with Gasteiger partial charge in [-0.05, 0) is 44.0 Å². The van der Waals surface area contributed by atoms with E-state index in [2.05, 4.69) is 24.1 Å². The first-order chi connectivity index (χ1) is 12.1. The third-order valence-electron chi connectivity index (χ3n) is 5.02. The molecule has 1 aromatic carbocycles. The molecule has 0 radical (unpaired) electrons. The van der Waals surface area contributed by atoms with E-state index in [-0.39, 0.29) is 12.3 Å². The highest BCUT2D eigenvalue weighted by Gasteiger charge is 2.24. The Labute approximate surface area is 147 Å². The predicted octanol–water partition coefficient (Wildman–Crippen LogP) is 2.22. The molecule has 0 bridgehead atoms. The average molecular weight is 345 g/mol. The van der Waals surface area contributed by atoms with E-state index in [0.29, 0.717) is 30.6 Å². The maximum absolute atomic E-state index is 12.3. The second kappa shape index (κ2) is 7.87. The summed E-state index contributed by atoms with van der Waals surface area (Å²) in [6.45, 7) is 7.64. The first kappa shape index (κ1) is 17.7. The number of oxazole rings is 1. The van der Waals surface area contributed by atoms with Crippen LogP contribution in [0.4, 0.5) is 0 Å². The molecular formula is C19H27N3O3. The molecule has 2 aromatic rings. The fourth-order valence-electron chi connectivity index (χ4n) is 3.61. The summed E-state index contributed by atoms with van der Waals surface area (Å²) < 4.78 is 6.72. The molecule has 136 valence electrons. The minimum absolute atomic E-state index is 0.0259. The average Bonchev–Trinajstić information content (AvgIpc) is 3.20. The largest absolute Gasteiger partial charge is 0.419 e. The quantitative estimate of drug-likeness (QED) is 0.835. The van der Waals surface area contributed by atoms with Crippen LogP contribution in [0.1, 0.15) is 33.1 Å². The summed E-state index contributed by atoms with van der Waals surface area (Å²) in [7, 11) is 0. The van der Waals surface area contributed by atoms with Crippen LogP contribution in [0, 0.1) is 5.92 Å². The smallest absolute Gasteiger partial charge is 0.408 e. The Morgan fingerprint density at radius 2 is 1.96 bits per heavy atom. The van der Waals surface area contributed by atoms with Crippen LogP contribution in [0.5, 0.6) is 0 Å². The molecule has 0 aliphatic carbocycles. The first-order valence-electron chi connectivity index (χ1n) is 9.15. The van der Waals surface area contributed by atoms with Crippen LogP contribution < -0.4 is 11.1 Å². The van der Waals surface area contributed by atoms with Crippen molar-refractivity contribution in [1.29, 1.82) is 0 Å². The molecule has 1 aliphatic heterocycles. The molecule has 2 heterocycles. The summed E-state index contributed by atoms with van der Waals surface area (Å²) >= 11 is 0. The number of para-hydroxylation sites is 2. The number of rotatable bonds is 7. The molecule has 1 saturated heterocycles. The second-order valence-electron chi connectivity index (χ2n) is 7.10. The topological polar surface area (TPSA) is 67.5 Å². The van der Waals surface area contributed by atoms with Gasteiger partial charge in [-0.3, -0.25) is 14.3 Å². The zero-order valence-corrected chi connectivity index (χ0v) is 15.0. The minimum atomic E-state index is -0.411. The third-order valence-corrected chi connectivity index (χ3v) is 5.02. The zero-order chi connectivity index (χ0) is 17.8. The van der Waals surface area contributed by atoms with Gasteiger partial charge in [0.15, 0.2) is 5.58 Å². The van der Waals surface area contributed by atoms with Crippen molar-refractivity contribution in [2.75, 3.05) is 19.6 Å². The van der Waals surface area contributed by atoms with Crippen molar-refractivity contribution in [2.24, 2.45) is 5.92 Å². The van der Waals surface area contributed by atoms with Crippen LogP contribution in [0.15, 0.2) is 33.5 Å². The highest BCUT2D eigenvalue weighted by Crippen LogP contribution is 2.17. The van der Waals surface area contributed by atoms with Crippen LogP contribution in [-0.2, 0) is 11.3 Å². The molecule has 0 saturated carbocycles. The van der Waals surface area contributed by atoms with E-state index in [1.807, 2.05) is 18.2 Å². The van der Waals surface area contributed by atoms with E-state index in [4.69, 9.17) is 4.42 Å². The van der Waals surface area contributed by atoms with Crippen LogP contribution >= 0.6 is 0 Å². The number of carbonyl (C=O) groups excluding carboxylic acids is 1. The lowest BCUT2D eigenvalue weighted by molar-refractivity contribution is -0.121. The number of hydrogen-bond donors (Lipinski definition) is 1. The van der Waals surface area contributed by atoms with Gasteiger partial charge in [0.2, 0.25) is 5.91 Å². The molecule has 6 heteroatoms. The van der Waals surface area contributed by atoms with E-state index in [1.165, 1.54) is 17.4 Å². The fourth-order valence-corrected chi connectivity index (χ4v) is 3.61. The summed E-state index contributed by atoms with van der Waals surface area (Å²) in [5, 5.41) is 3.04. The summed E-state index contributed by atoms with van der Waals surface area (Å²) in [6.07, 6.45) is 2.76. The lowest BCUT2D eigenvalue weighted by atomic mass is 10.0. The maximum Gasteiger partial charge on any atom is 0.419 e. The van der Waals surface area contributed by atoms with Gasteiger partial charge >= 0.3 is 5.76 Å². The van der Waals surface area contributed by atoms with Gasteiger partial charge in [0, 0.05) is 25.6 Å². The van der Waals surface area contributed by atoms with E-state index >= 15 is 0 Å². The van der Waals surface area contributed by atoms with Crippen molar-refractivity contribution in [3.63, 3.8) is 0 Å². The van der Waals surface area contributed by atoms with Crippen LogP contribution in [0.3, 0.4) is 0 Å². The number of nitrogens with one attached hydrogen (secondary N) is 1. The molecule has 3 rings (SSSR count). The predicted molar refractivity (Wildman–Crippen MR) is 97.5 cm³/mol. The molecule has 1 amide bonds. The highest BCUT2D eigenvalue weighted by atomic mass is 16.4. The van der Waals surface area contributed by atoms with Crippen LogP contribution in [0.2, 0.25) is 0 Å². The second-order valence-corrected chi connectivity index (χ2v) is 7.10. The molecule has 1 aliphatic rings. The lowest BCUT2D eigenvalue weighted by Crippen LogP contribution is -2.45. The summed E-state index contributed by atoms with van der Waals surface area (Å²) in [5.74, 6) is 0.0620. The molecule has 6 nitrogen and oxygen atoms in total. The Morgan fingerprint density at radius 1 is 1.24 bits per heavy atom. The van der Waals surface area contributed by atoms with E-state index in [9.17, 15) is 9.59 Å². The summed E-state index contributed by atoms with van der Waals surface area (Å²) in [6, 6.07) is 7.66. The molecule has 1 fully saturated rings. The van der Waals surface area contributed by atoms with Gasteiger partial charge in [-0.15, -0.1) is 0 Å². The highest BCUT2D eigenvalue weighted by molar-refractivity contribution is 5.76. The number of amides is 1. The lowest BCUT2D eigenvalue weighted by Gasteiger charge is -2.31. The number of likely N-dealkylation sites (tertiary alicyclic amines) is 1. The van der Waals surface area contributed by atoms with Gasteiger partial charge < -0.3 is 9.73 Å². The molecule has 1 N–H and O–H groups in total. The van der Waals surface area contributed by atoms with Crippen molar-refractivity contribution < 1.29 is 9.21 Å². The van der Waals surface area contributed by atoms with Crippen molar-refractivity contribution in [1.82, 2.24) is 14.8 Å². The number of hydrogen-bond acceptors (Lipinski definition) is 4. The SMILES string of the molecule is CC(C)C(CNC(=O)CCn1c(=O)oc2ccccc21)N1CCCC1. The molecule has 1 aromatic heterocycles. The van der Waals surface area contributed by atoms with Crippen molar-refractivity contribution in [3.8, 4) is 0 Å². The van der Waals surface area contributed by atoms with Crippen molar-refractivity contribution >= 4 is 17.0 Å². The Morgan fingerprint density at radius 3 is 2.68 bits per heavy atom. The van der Waals surface area contributed by atoms with Gasteiger partial charge in [0.1, 0.15) is 0 Å². The minimum Gasteiger partial charge on any atom is -0.408 e. The fraction of sp³-hybridized carbons (Fsp3) is 0.579. The summed E-state index contributed by atoms with van der Waals surface area (Å²) in [5.41, 5.74) is 1.29. The normalized spacial score (nSPS) is 16.6. The Hall–Kier alpha value is -2.08. The van der Waals surface area contributed by atoms with Crippen LogP contribution in [0.25, 0.3) is 11.1 Å². The molecule has 1 atom stereocenters. The Kier molecular flexibility index (Phi) is 5.58. The maximum atomic E-state index is 12.3. The van der Waals surface area contributed by atoms with E-state index in [0.717, 1.165) is 18.6 Å². The van der Waals surface area contributed by atoms with Gasteiger partial charge in [-0.25, -0.2) is 4.79 Å². The van der Waals surface area contributed by atoms with Gasteiger partial charge in [-0.1, -0.05) is 26.0 Å². The van der Waals surface area contributed by atoms with Gasteiger partial charge in [-0.2, -0.15) is 0 Å². The first-order valence-corrected chi connectivity index (χ1v) is 9.15. The third kappa shape index (κ3) is 4.12. The monoisotopic (exact) mass is 345 g/mol. The van der Waals surface area contributed by atoms with E-state index in [1.54, 1.807) is 6.07 Å². The number of nitrogens with zero attached hydrogens (tertiary/aromatic N) is 2. The summed E-state index contributed by atoms with van der Waals surface area (Å²) in [4.78, 5) is 26.7. The standard InChI is InChI=1S/C19H27N3O3/c1-14(2)16(21-10-5-6-11-21)13-20-18(23)9-12-22-15-7-3-4-8-17(15)25-19(22)24/h3-4,7-8,14,16H,5-6,9-13H2,1-2H3,(H,20,23).